The van der Waals surface area contributed by atoms with Crippen LogP contribution < -0.4 is 10.1 Å². The third-order valence-corrected chi connectivity index (χ3v) is 2.80. The molecule has 5 nitrogen and oxygen atoms in total. The van der Waals surface area contributed by atoms with Gasteiger partial charge in [-0.2, -0.15) is 0 Å². The first-order chi connectivity index (χ1) is 10.0. The number of nitrogens with zero attached hydrogens (tertiary/aromatic N) is 1. The second-order valence-corrected chi connectivity index (χ2v) is 4.94. The fourth-order valence-electron chi connectivity index (χ4n) is 1.81. The minimum Gasteiger partial charge on any atom is -0.489 e. The molecule has 0 heterocycles. The third-order valence-electron chi connectivity index (χ3n) is 2.80. The van der Waals surface area contributed by atoms with Gasteiger partial charge in [0.1, 0.15) is 6.61 Å². The monoisotopic (exact) mass is 298 g/mol. The average Bonchev–Trinajstić information content (AvgIpc) is 2.40. The summed E-state index contributed by atoms with van der Waals surface area (Å²) in [5.74, 6) is -0.233. The van der Waals surface area contributed by atoms with Crippen LogP contribution in [-0.4, -0.2) is 57.3 Å². The highest BCUT2D eigenvalue weighted by atomic mass is 19.1. The van der Waals surface area contributed by atoms with Gasteiger partial charge in [-0.3, -0.25) is 9.69 Å². The summed E-state index contributed by atoms with van der Waals surface area (Å²) < 4.78 is 23.6. The summed E-state index contributed by atoms with van der Waals surface area (Å²) in [7, 11) is 3.40. The van der Waals surface area contributed by atoms with Gasteiger partial charge >= 0.3 is 0 Å². The number of benzene rings is 1. The van der Waals surface area contributed by atoms with Crippen LogP contribution in [0.1, 0.15) is 6.92 Å². The maximum atomic E-state index is 13.3. The SMILES string of the molecule is COCC(C)NC(=O)CN(C)CCOc1ccccc1F. The second-order valence-electron chi connectivity index (χ2n) is 4.94. The van der Waals surface area contributed by atoms with E-state index in [4.69, 9.17) is 9.47 Å². The first kappa shape index (κ1) is 17.4. The van der Waals surface area contributed by atoms with E-state index in [0.29, 0.717) is 19.8 Å². The van der Waals surface area contributed by atoms with E-state index in [1.54, 1.807) is 25.3 Å². The standard InChI is InChI=1S/C15H23FN2O3/c1-12(11-20-3)17-15(19)10-18(2)8-9-21-14-7-5-4-6-13(14)16/h4-7,12H,8-11H2,1-3H3,(H,17,19). The number of carbonyl (C=O) groups is 1. The van der Waals surface area contributed by atoms with Crippen molar-refractivity contribution in [2.75, 3.05) is 40.5 Å². The van der Waals surface area contributed by atoms with Crippen molar-refractivity contribution in [2.45, 2.75) is 13.0 Å². The highest BCUT2D eigenvalue weighted by molar-refractivity contribution is 5.78. The highest BCUT2D eigenvalue weighted by Crippen LogP contribution is 2.14. The van der Waals surface area contributed by atoms with Gasteiger partial charge in [-0.05, 0) is 26.1 Å². The van der Waals surface area contributed by atoms with Gasteiger partial charge in [0.25, 0.3) is 0 Å². The quantitative estimate of drug-likeness (QED) is 0.746. The van der Waals surface area contributed by atoms with Gasteiger partial charge in [-0.15, -0.1) is 0 Å². The Balaban J connectivity index is 2.23. The fourth-order valence-corrected chi connectivity index (χ4v) is 1.81. The molecule has 0 spiro atoms. The number of carbonyl (C=O) groups excluding carboxylic acids is 1. The molecule has 0 aliphatic rings. The van der Waals surface area contributed by atoms with Crippen LogP contribution in [0.15, 0.2) is 24.3 Å². The van der Waals surface area contributed by atoms with E-state index in [9.17, 15) is 9.18 Å². The van der Waals surface area contributed by atoms with Crippen LogP contribution in [0.2, 0.25) is 0 Å². The van der Waals surface area contributed by atoms with E-state index in [-0.39, 0.29) is 30.1 Å². The van der Waals surface area contributed by atoms with Crippen LogP contribution in [0.3, 0.4) is 0 Å². The molecular formula is C15H23FN2O3. The van der Waals surface area contributed by atoms with Crippen molar-refractivity contribution in [1.82, 2.24) is 10.2 Å². The van der Waals surface area contributed by atoms with Crippen LogP contribution in [0, 0.1) is 5.82 Å². The molecule has 1 aromatic carbocycles. The Kier molecular flexibility index (Phi) is 7.71. The summed E-state index contributed by atoms with van der Waals surface area (Å²) in [6.45, 7) is 3.46. The number of halogens is 1. The molecule has 0 aliphatic carbocycles. The van der Waals surface area contributed by atoms with Crippen LogP contribution >= 0.6 is 0 Å². The van der Waals surface area contributed by atoms with Crippen molar-refractivity contribution in [1.29, 1.82) is 0 Å². The van der Waals surface area contributed by atoms with E-state index in [1.807, 2.05) is 18.9 Å². The largest absolute Gasteiger partial charge is 0.489 e. The number of rotatable bonds is 9. The number of amides is 1. The van der Waals surface area contributed by atoms with Crippen LogP contribution in [0.5, 0.6) is 5.75 Å². The Morgan fingerprint density at radius 1 is 1.43 bits per heavy atom. The maximum absolute atomic E-state index is 13.3. The molecular weight excluding hydrogens is 275 g/mol. The first-order valence-corrected chi connectivity index (χ1v) is 6.87. The Hall–Kier alpha value is -1.66. The molecule has 0 saturated carbocycles. The molecule has 1 amide bonds. The predicted octanol–water partition coefficient (Wildman–Crippen LogP) is 1.29. The van der Waals surface area contributed by atoms with Crippen molar-refractivity contribution in [3.8, 4) is 5.75 Å². The summed E-state index contributed by atoms with van der Waals surface area (Å²) >= 11 is 0. The lowest BCUT2D eigenvalue weighted by Crippen LogP contribution is -2.42. The minimum atomic E-state index is -0.383. The third kappa shape index (κ3) is 7.06. The molecule has 0 fully saturated rings. The molecule has 0 radical (unpaired) electrons. The second kappa shape index (κ2) is 9.31. The normalized spacial score (nSPS) is 12.2. The summed E-state index contributed by atoms with van der Waals surface area (Å²) in [4.78, 5) is 13.5. The zero-order chi connectivity index (χ0) is 15.7. The van der Waals surface area contributed by atoms with E-state index in [2.05, 4.69) is 5.32 Å². The van der Waals surface area contributed by atoms with Crippen molar-refractivity contribution >= 4 is 5.91 Å². The summed E-state index contributed by atoms with van der Waals surface area (Å²) in [6.07, 6.45) is 0. The number of nitrogens with one attached hydrogen (secondary N) is 1. The molecule has 1 N–H and O–H groups in total. The molecule has 118 valence electrons. The molecule has 6 heteroatoms. The molecule has 0 bridgehead atoms. The number of hydrogen-bond donors (Lipinski definition) is 1. The van der Waals surface area contributed by atoms with Crippen molar-refractivity contribution in [3.63, 3.8) is 0 Å². The van der Waals surface area contributed by atoms with Crippen LogP contribution in [0.4, 0.5) is 4.39 Å². The summed E-state index contributed by atoms with van der Waals surface area (Å²) in [6, 6.07) is 6.23. The van der Waals surface area contributed by atoms with Crippen molar-refractivity contribution in [2.24, 2.45) is 0 Å². The lowest BCUT2D eigenvalue weighted by atomic mass is 10.3. The number of para-hydroxylation sites is 1. The topological polar surface area (TPSA) is 50.8 Å². The zero-order valence-corrected chi connectivity index (χ0v) is 12.8. The van der Waals surface area contributed by atoms with Gasteiger partial charge in [-0.1, -0.05) is 12.1 Å². The Morgan fingerprint density at radius 3 is 2.81 bits per heavy atom. The number of ether oxygens (including phenoxy) is 2. The molecule has 21 heavy (non-hydrogen) atoms. The summed E-state index contributed by atoms with van der Waals surface area (Å²) in [5, 5.41) is 2.82. The van der Waals surface area contributed by atoms with Gasteiger partial charge in [0.2, 0.25) is 5.91 Å². The maximum Gasteiger partial charge on any atom is 0.234 e. The number of methoxy groups -OCH3 is 1. The van der Waals surface area contributed by atoms with Gasteiger partial charge < -0.3 is 14.8 Å². The molecule has 1 atom stereocenters. The molecule has 1 aromatic rings. The highest BCUT2D eigenvalue weighted by Gasteiger charge is 2.10. The molecule has 1 rings (SSSR count). The smallest absolute Gasteiger partial charge is 0.234 e. The lowest BCUT2D eigenvalue weighted by molar-refractivity contribution is -0.122. The van der Waals surface area contributed by atoms with Crippen molar-refractivity contribution in [3.05, 3.63) is 30.1 Å². The summed E-state index contributed by atoms with van der Waals surface area (Å²) in [5.41, 5.74) is 0. The number of likely N-dealkylation sites (N-methyl/N-ethyl adjacent to an activating group) is 1. The zero-order valence-electron chi connectivity index (χ0n) is 12.8. The van der Waals surface area contributed by atoms with Gasteiger partial charge in [0.05, 0.1) is 13.2 Å². The Morgan fingerprint density at radius 2 is 2.14 bits per heavy atom. The molecule has 0 saturated heterocycles. The molecule has 0 aliphatic heterocycles. The Labute approximate surface area is 125 Å². The predicted molar refractivity (Wildman–Crippen MR) is 78.9 cm³/mol. The first-order valence-electron chi connectivity index (χ1n) is 6.87. The van der Waals surface area contributed by atoms with Gasteiger partial charge in [0.15, 0.2) is 11.6 Å². The minimum absolute atomic E-state index is 0.0226. The Bertz CT molecular complexity index is 443. The van der Waals surface area contributed by atoms with Gasteiger partial charge in [-0.25, -0.2) is 4.39 Å². The average molecular weight is 298 g/mol. The van der Waals surface area contributed by atoms with E-state index < -0.39 is 0 Å². The van der Waals surface area contributed by atoms with Crippen molar-refractivity contribution < 1.29 is 18.7 Å². The van der Waals surface area contributed by atoms with E-state index in [1.165, 1.54) is 6.07 Å². The fraction of sp³-hybridized carbons (Fsp3) is 0.533. The van der Waals surface area contributed by atoms with Crippen LogP contribution in [0.25, 0.3) is 0 Å². The van der Waals surface area contributed by atoms with Crippen LogP contribution in [-0.2, 0) is 9.53 Å². The lowest BCUT2D eigenvalue weighted by Gasteiger charge is -2.18. The number of hydrogen-bond acceptors (Lipinski definition) is 4. The molecule has 0 aromatic heterocycles. The van der Waals surface area contributed by atoms with Gasteiger partial charge in [0, 0.05) is 19.7 Å². The molecule has 1 unspecified atom stereocenters. The van der Waals surface area contributed by atoms with E-state index >= 15 is 0 Å². The van der Waals surface area contributed by atoms with E-state index in [0.717, 1.165) is 0 Å².